The molecular weight excluding hydrogens is 438 g/mol. The van der Waals surface area contributed by atoms with Crippen LogP contribution in [0.2, 0.25) is 0 Å². The molecule has 3 aromatic carbocycles. The molecule has 0 aromatic heterocycles. The van der Waals surface area contributed by atoms with Crippen molar-refractivity contribution >= 4 is 15.5 Å². The molecule has 166 valence electrons. The van der Waals surface area contributed by atoms with Crippen LogP contribution in [0.1, 0.15) is 11.5 Å². The molecule has 6 nitrogen and oxygen atoms in total. The van der Waals surface area contributed by atoms with Crippen molar-refractivity contribution in [2.75, 3.05) is 25.2 Å². The number of hydrogen-bond donors (Lipinski definition) is 2. The van der Waals surface area contributed by atoms with E-state index in [1.807, 2.05) is 30.3 Å². The van der Waals surface area contributed by atoms with Crippen LogP contribution in [0, 0.1) is 11.6 Å². The van der Waals surface area contributed by atoms with E-state index in [0.29, 0.717) is 18.0 Å². The smallest absolute Gasteiger partial charge is 0.231 e. The monoisotopic (exact) mass is 458 g/mol. The minimum absolute atomic E-state index is 0.0191. The summed E-state index contributed by atoms with van der Waals surface area (Å²) in [5.74, 6) is -1.76. The average molecular weight is 458 g/mol. The lowest BCUT2D eigenvalue weighted by atomic mass is 9.93. The number of fused-ring (bicyclic) bond motifs is 1. The molecule has 2 heterocycles. The Morgan fingerprint density at radius 2 is 1.72 bits per heavy atom. The van der Waals surface area contributed by atoms with Crippen LogP contribution in [0.5, 0.6) is 11.5 Å². The topological polar surface area (TPSA) is 76.7 Å². The van der Waals surface area contributed by atoms with Gasteiger partial charge in [-0.2, -0.15) is 0 Å². The van der Waals surface area contributed by atoms with Crippen LogP contribution in [-0.4, -0.2) is 33.2 Å². The summed E-state index contributed by atoms with van der Waals surface area (Å²) in [4.78, 5) is -1.52. The Balaban J connectivity index is 1.66. The van der Waals surface area contributed by atoms with Gasteiger partial charge in [0.05, 0.1) is 4.90 Å². The maximum atomic E-state index is 14.1. The molecule has 9 heteroatoms. The fourth-order valence-corrected chi connectivity index (χ4v) is 6.38. The van der Waals surface area contributed by atoms with Gasteiger partial charge in [-0.1, -0.05) is 30.3 Å². The van der Waals surface area contributed by atoms with E-state index < -0.39 is 32.3 Å². The van der Waals surface area contributed by atoms with Gasteiger partial charge in [0.2, 0.25) is 16.6 Å². The molecule has 1 fully saturated rings. The van der Waals surface area contributed by atoms with Crippen molar-refractivity contribution in [2.24, 2.45) is 0 Å². The van der Waals surface area contributed by atoms with Crippen LogP contribution in [-0.2, 0) is 9.84 Å². The van der Waals surface area contributed by atoms with E-state index in [0.717, 1.165) is 17.7 Å². The molecule has 2 aliphatic rings. The molecule has 2 atom stereocenters. The molecule has 1 saturated heterocycles. The van der Waals surface area contributed by atoms with Crippen LogP contribution >= 0.6 is 0 Å². The minimum atomic E-state index is -4.07. The van der Waals surface area contributed by atoms with Gasteiger partial charge in [-0.3, -0.25) is 0 Å². The Hall–Kier alpha value is -3.17. The summed E-state index contributed by atoms with van der Waals surface area (Å²) >= 11 is 0. The van der Waals surface area contributed by atoms with Gasteiger partial charge in [0.15, 0.2) is 28.0 Å². The van der Waals surface area contributed by atoms with Gasteiger partial charge in [-0.05, 0) is 29.8 Å². The van der Waals surface area contributed by atoms with Crippen LogP contribution < -0.4 is 20.1 Å². The molecule has 32 heavy (non-hydrogen) atoms. The highest BCUT2D eigenvalue weighted by Crippen LogP contribution is 2.44. The van der Waals surface area contributed by atoms with E-state index in [1.54, 1.807) is 6.07 Å². The number of sulfone groups is 1. The van der Waals surface area contributed by atoms with Crippen molar-refractivity contribution in [3.05, 3.63) is 83.9 Å². The van der Waals surface area contributed by atoms with Gasteiger partial charge in [0, 0.05) is 36.8 Å². The van der Waals surface area contributed by atoms with E-state index in [4.69, 9.17) is 9.47 Å². The second-order valence-corrected chi connectivity index (χ2v) is 9.96. The summed E-state index contributed by atoms with van der Waals surface area (Å²) in [5, 5.41) is 6.22. The van der Waals surface area contributed by atoms with Crippen LogP contribution in [0.4, 0.5) is 14.5 Å². The number of halogens is 2. The zero-order chi connectivity index (χ0) is 22.3. The normalized spacial score (nSPS) is 22.1. The maximum absolute atomic E-state index is 14.1. The first-order valence-corrected chi connectivity index (χ1v) is 11.5. The largest absolute Gasteiger partial charge is 0.454 e. The number of nitrogens with one attached hydrogen (secondary N) is 2. The first-order valence-electron chi connectivity index (χ1n) is 10.0. The molecule has 0 bridgehead atoms. The Kier molecular flexibility index (Phi) is 5.02. The van der Waals surface area contributed by atoms with Gasteiger partial charge in [0.25, 0.3) is 0 Å². The molecule has 2 unspecified atom stereocenters. The molecule has 3 aromatic rings. The first kappa shape index (κ1) is 20.7. The van der Waals surface area contributed by atoms with E-state index in [1.165, 1.54) is 18.2 Å². The maximum Gasteiger partial charge on any atom is 0.231 e. The standard InChI is InChI=1S/C23H20F2N2O4S/c24-19-8-6-16(10-20(19)25)27-23(13-26-12-18(23)15-4-2-1-3-5-15)32(28,29)17-7-9-21-22(11-17)31-14-30-21/h1-11,18,26-27H,12-14H2. The van der Waals surface area contributed by atoms with E-state index in [-0.39, 0.29) is 23.9 Å². The summed E-state index contributed by atoms with van der Waals surface area (Å²) in [5.41, 5.74) is 0.967. The van der Waals surface area contributed by atoms with Gasteiger partial charge < -0.3 is 20.1 Å². The quantitative estimate of drug-likeness (QED) is 0.608. The summed E-state index contributed by atoms with van der Waals surface area (Å²) in [6.07, 6.45) is 0. The Bertz CT molecular complexity index is 1270. The molecule has 0 saturated carbocycles. The van der Waals surface area contributed by atoms with E-state index in [9.17, 15) is 17.2 Å². The van der Waals surface area contributed by atoms with Crippen molar-refractivity contribution < 1.29 is 26.7 Å². The zero-order valence-corrected chi connectivity index (χ0v) is 17.7. The highest BCUT2D eigenvalue weighted by Gasteiger charge is 2.54. The molecule has 2 N–H and O–H groups in total. The predicted molar refractivity (Wildman–Crippen MR) is 115 cm³/mol. The summed E-state index contributed by atoms with van der Waals surface area (Å²) < 4.78 is 66.4. The molecule has 0 amide bonds. The number of rotatable bonds is 5. The number of ether oxygens (including phenoxy) is 2. The Morgan fingerprint density at radius 3 is 2.50 bits per heavy atom. The second kappa shape index (κ2) is 7.75. The summed E-state index contributed by atoms with van der Waals surface area (Å²) in [6, 6.07) is 17.0. The van der Waals surface area contributed by atoms with Crippen molar-refractivity contribution in [1.82, 2.24) is 5.32 Å². The lowest BCUT2D eigenvalue weighted by Crippen LogP contribution is -2.52. The first-order chi connectivity index (χ1) is 15.4. The number of benzene rings is 3. The zero-order valence-electron chi connectivity index (χ0n) is 16.8. The molecule has 2 aliphatic heterocycles. The Labute approximate surface area is 184 Å². The van der Waals surface area contributed by atoms with E-state index in [2.05, 4.69) is 10.6 Å². The second-order valence-electron chi connectivity index (χ2n) is 7.76. The van der Waals surface area contributed by atoms with Crippen molar-refractivity contribution in [3.8, 4) is 11.5 Å². The average Bonchev–Trinajstić information content (AvgIpc) is 3.44. The third-order valence-corrected chi connectivity index (χ3v) is 8.27. The van der Waals surface area contributed by atoms with Gasteiger partial charge in [-0.15, -0.1) is 0 Å². The van der Waals surface area contributed by atoms with Crippen molar-refractivity contribution in [1.29, 1.82) is 0 Å². The summed E-state index contributed by atoms with van der Waals surface area (Å²) in [6.45, 7) is 0.456. The van der Waals surface area contributed by atoms with Crippen LogP contribution in [0.15, 0.2) is 71.6 Å². The predicted octanol–water partition coefficient (Wildman–Crippen LogP) is 3.66. The number of anilines is 1. The molecular formula is C23H20F2N2O4S. The fraction of sp³-hybridized carbons (Fsp3) is 0.217. The highest BCUT2D eigenvalue weighted by molar-refractivity contribution is 7.93. The minimum Gasteiger partial charge on any atom is -0.454 e. The van der Waals surface area contributed by atoms with Crippen LogP contribution in [0.3, 0.4) is 0 Å². The molecule has 0 aliphatic carbocycles. The summed E-state index contributed by atoms with van der Waals surface area (Å²) in [7, 11) is -4.07. The van der Waals surface area contributed by atoms with Gasteiger partial charge >= 0.3 is 0 Å². The van der Waals surface area contributed by atoms with Crippen LogP contribution in [0.25, 0.3) is 0 Å². The third-order valence-electron chi connectivity index (χ3n) is 5.91. The molecule has 0 spiro atoms. The van der Waals surface area contributed by atoms with Gasteiger partial charge in [0.1, 0.15) is 0 Å². The fourth-order valence-electron chi connectivity index (χ4n) is 4.32. The highest BCUT2D eigenvalue weighted by atomic mass is 32.2. The van der Waals surface area contributed by atoms with Gasteiger partial charge in [-0.25, -0.2) is 17.2 Å². The third kappa shape index (κ3) is 3.28. The SMILES string of the molecule is O=S(=O)(c1ccc2c(c1)OCO2)C1(Nc2ccc(F)c(F)c2)CNCC1c1ccccc1. The lowest BCUT2D eigenvalue weighted by Gasteiger charge is -2.36. The molecule has 5 rings (SSSR count). The van der Waals surface area contributed by atoms with E-state index >= 15 is 0 Å². The van der Waals surface area contributed by atoms with Crippen molar-refractivity contribution in [3.63, 3.8) is 0 Å². The Morgan fingerprint density at radius 1 is 0.938 bits per heavy atom. The molecule has 0 radical (unpaired) electrons. The number of hydrogen-bond acceptors (Lipinski definition) is 6. The lowest BCUT2D eigenvalue weighted by molar-refractivity contribution is 0.174. The van der Waals surface area contributed by atoms with Crippen molar-refractivity contribution in [2.45, 2.75) is 15.7 Å².